The average molecular weight is 635 g/mol. The molecule has 256 valence electrons. The van der Waals surface area contributed by atoms with Gasteiger partial charge in [-0.05, 0) is 69.3 Å². The first kappa shape index (κ1) is 40.2. The van der Waals surface area contributed by atoms with Crippen molar-refractivity contribution in [1.29, 1.82) is 0 Å². The lowest BCUT2D eigenvalue weighted by Crippen LogP contribution is -2.53. The van der Waals surface area contributed by atoms with Crippen LogP contribution in [0.25, 0.3) is 0 Å². The van der Waals surface area contributed by atoms with Crippen LogP contribution in [0.3, 0.4) is 0 Å². The van der Waals surface area contributed by atoms with Crippen LogP contribution in [0.2, 0.25) is 0 Å². The molecule has 0 saturated carbocycles. The van der Waals surface area contributed by atoms with Crippen LogP contribution < -0.4 is 16.8 Å². The number of hydrogen-bond acceptors (Lipinski definition) is 14. The third-order valence-electron chi connectivity index (χ3n) is 7.59. The minimum Gasteiger partial charge on any atom is -0.394 e. The molecule has 1 aromatic carbocycles. The number of aliphatic hydroxyl groups excluding tert-OH is 10. The van der Waals surface area contributed by atoms with Gasteiger partial charge in [0, 0.05) is 13.1 Å². The van der Waals surface area contributed by atoms with Gasteiger partial charge >= 0.3 is 0 Å². The molecule has 15 N–H and O–H groups in total. The van der Waals surface area contributed by atoms with Gasteiger partial charge < -0.3 is 67.8 Å². The summed E-state index contributed by atoms with van der Waals surface area (Å²) in [5, 5.41) is 102. The Labute approximate surface area is 258 Å². The Morgan fingerprint density at radius 2 is 1.16 bits per heavy atom. The number of rotatable bonds is 25. The summed E-state index contributed by atoms with van der Waals surface area (Å²) in [5.74, 6) is -0.537. The van der Waals surface area contributed by atoms with E-state index in [1.54, 1.807) is 0 Å². The second-order valence-corrected chi connectivity index (χ2v) is 11.2. The van der Waals surface area contributed by atoms with Gasteiger partial charge in [0.2, 0.25) is 5.91 Å². The van der Waals surface area contributed by atoms with Gasteiger partial charge in [-0.2, -0.15) is 0 Å². The van der Waals surface area contributed by atoms with Crippen molar-refractivity contribution in [2.45, 2.75) is 93.4 Å². The fourth-order valence-corrected chi connectivity index (χ4v) is 4.71. The molecule has 9 atom stereocenters. The van der Waals surface area contributed by atoms with Crippen LogP contribution in [0.1, 0.15) is 36.8 Å². The highest BCUT2D eigenvalue weighted by Crippen LogP contribution is 2.13. The molecule has 0 aliphatic carbocycles. The number of benzene rings is 1. The lowest BCUT2D eigenvalue weighted by molar-refractivity contribution is -0.130. The predicted molar refractivity (Wildman–Crippen MR) is 161 cm³/mol. The molecular weight excluding hydrogens is 580 g/mol. The maximum atomic E-state index is 12.1. The first-order valence-electron chi connectivity index (χ1n) is 15.0. The summed E-state index contributed by atoms with van der Waals surface area (Å²) in [7, 11) is 0. The van der Waals surface area contributed by atoms with Crippen molar-refractivity contribution in [3.05, 3.63) is 35.4 Å². The molecule has 1 amide bonds. The number of primary amides is 1. The molecule has 0 bridgehead atoms. The molecule has 1 rings (SSSR count). The van der Waals surface area contributed by atoms with E-state index in [0.29, 0.717) is 25.8 Å². The van der Waals surface area contributed by atoms with Gasteiger partial charge in [0.15, 0.2) is 0 Å². The quantitative estimate of drug-likeness (QED) is 0.0448. The van der Waals surface area contributed by atoms with E-state index in [9.17, 15) is 45.6 Å². The van der Waals surface area contributed by atoms with Crippen LogP contribution in [-0.2, 0) is 17.6 Å². The zero-order valence-electron chi connectivity index (χ0n) is 25.2. The fourth-order valence-electron chi connectivity index (χ4n) is 4.71. The summed E-state index contributed by atoms with van der Waals surface area (Å²) < 4.78 is 0. The molecule has 0 aliphatic rings. The molecule has 0 aromatic heterocycles. The molecule has 0 saturated heterocycles. The lowest BCUT2D eigenvalue weighted by Gasteiger charge is -2.33. The number of carbonyl (C=O) groups excluding carboxylic acids is 1. The topological polar surface area (TPSA) is 287 Å². The second kappa shape index (κ2) is 21.8. The Morgan fingerprint density at radius 3 is 1.59 bits per heavy atom. The van der Waals surface area contributed by atoms with E-state index in [2.05, 4.69) is 17.4 Å². The van der Waals surface area contributed by atoms with E-state index < -0.39 is 74.0 Å². The van der Waals surface area contributed by atoms with E-state index >= 15 is 0 Å². The van der Waals surface area contributed by atoms with E-state index in [1.807, 2.05) is 12.1 Å². The molecular formula is C29H54N4O11. The molecule has 1 aromatic rings. The van der Waals surface area contributed by atoms with Crippen LogP contribution in [0.5, 0.6) is 0 Å². The number of nitrogens with one attached hydrogen (secondary N) is 1. The van der Waals surface area contributed by atoms with Crippen LogP contribution >= 0.6 is 0 Å². The molecule has 15 heteroatoms. The minimum absolute atomic E-state index is 0.120. The number of hydrogen-bond donors (Lipinski definition) is 13. The van der Waals surface area contributed by atoms with Crippen molar-refractivity contribution >= 4 is 5.91 Å². The Kier molecular flexibility index (Phi) is 19.9. The highest BCUT2D eigenvalue weighted by atomic mass is 16.4. The molecule has 15 nitrogen and oxygen atoms in total. The average Bonchev–Trinajstić information content (AvgIpc) is 3.02. The zero-order chi connectivity index (χ0) is 33.2. The van der Waals surface area contributed by atoms with Crippen LogP contribution in [0.4, 0.5) is 0 Å². The summed E-state index contributed by atoms with van der Waals surface area (Å²) >= 11 is 0. The molecule has 0 spiro atoms. The smallest absolute Gasteiger partial charge is 0.234 e. The first-order chi connectivity index (χ1) is 20.9. The third kappa shape index (κ3) is 14.5. The van der Waals surface area contributed by atoms with Crippen molar-refractivity contribution < 1.29 is 55.9 Å². The number of amides is 1. The number of aryl methyl sites for hydroxylation is 2. The maximum absolute atomic E-state index is 12.1. The van der Waals surface area contributed by atoms with Crippen molar-refractivity contribution in [2.24, 2.45) is 11.5 Å². The zero-order valence-corrected chi connectivity index (χ0v) is 25.2. The van der Waals surface area contributed by atoms with Crippen molar-refractivity contribution in [2.75, 3.05) is 45.9 Å². The van der Waals surface area contributed by atoms with Gasteiger partial charge in [-0.15, -0.1) is 0 Å². The Morgan fingerprint density at radius 1 is 0.705 bits per heavy atom. The van der Waals surface area contributed by atoms with Gasteiger partial charge in [0.25, 0.3) is 0 Å². The fraction of sp³-hybridized carbons (Fsp3) is 0.759. The highest BCUT2D eigenvalue weighted by molar-refractivity contribution is 5.79. The number of unbranched alkanes of at least 4 members (excludes halogenated alkanes) is 1. The minimum atomic E-state index is -1.88. The summed E-state index contributed by atoms with van der Waals surface area (Å²) in [5.41, 5.74) is 13.4. The van der Waals surface area contributed by atoms with Crippen molar-refractivity contribution in [1.82, 2.24) is 10.2 Å². The molecule has 44 heavy (non-hydrogen) atoms. The van der Waals surface area contributed by atoms with E-state index in [4.69, 9.17) is 21.7 Å². The molecule has 0 radical (unpaired) electrons. The molecule has 1 unspecified atom stereocenters. The SMILES string of the molecule is NCCCCc1ccc(CCC(NCCCN(C[C@H](O)[C@@H](O)[C@H](O)[C@H](O)CO)C[C@H](O)[C@@H](O)[C@H](O)[C@H](O)CO)C(N)=O)cc1. The van der Waals surface area contributed by atoms with Gasteiger partial charge in [-0.1, -0.05) is 24.3 Å². The second-order valence-electron chi connectivity index (χ2n) is 11.2. The molecule has 0 aliphatic heterocycles. The van der Waals surface area contributed by atoms with Crippen LogP contribution in [0.15, 0.2) is 24.3 Å². The van der Waals surface area contributed by atoms with Crippen LogP contribution in [0, 0.1) is 0 Å². The normalized spacial score (nSPS) is 18.3. The predicted octanol–water partition coefficient (Wildman–Crippen LogP) is -5.09. The Bertz CT molecular complexity index is 871. The van der Waals surface area contributed by atoms with Crippen LogP contribution in [-0.4, -0.2) is 163 Å². The van der Waals surface area contributed by atoms with Crippen molar-refractivity contribution in [3.8, 4) is 0 Å². The lowest BCUT2D eigenvalue weighted by atomic mass is 10.0. The molecule has 0 heterocycles. The van der Waals surface area contributed by atoms with Gasteiger partial charge in [0.1, 0.15) is 36.6 Å². The summed E-state index contributed by atoms with van der Waals surface area (Å²) in [6, 6.07) is 7.49. The van der Waals surface area contributed by atoms with Crippen molar-refractivity contribution in [3.63, 3.8) is 0 Å². The summed E-state index contributed by atoms with van der Waals surface area (Å²) in [4.78, 5) is 13.5. The first-order valence-corrected chi connectivity index (χ1v) is 15.0. The van der Waals surface area contributed by atoms with E-state index in [0.717, 1.165) is 24.8 Å². The highest BCUT2D eigenvalue weighted by Gasteiger charge is 2.34. The van der Waals surface area contributed by atoms with Gasteiger partial charge in [-0.25, -0.2) is 0 Å². The van der Waals surface area contributed by atoms with E-state index in [1.165, 1.54) is 10.5 Å². The Hall–Kier alpha value is -1.83. The number of nitrogens with zero attached hydrogens (tertiary/aromatic N) is 1. The van der Waals surface area contributed by atoms with E-state index in [-0.39, 0.29) is 26.2 Å². The monoisotopic (exact) mass is 634 g/mol. The van der Waals surface area contributed by atoms with Gasteiger partial charge in [0.05, 0.1) is 31.5 Å². The summed E-state index contributed by atoms with van der Waals surface area (Å²) in [6.07, 6.45) is -9.96. The number of aliphatic hydroxyl groups is 10. The third-order valence-corrected chi connectivity index (χ3v) is 7.59. The number of carbonyl (C=O) groups is 1. The molecule has 0 fully saturated rings. The maximum Gasteiger partial charge on any atom is 0.234 e. The largest absolute Gasteiger partial charge is 0.394 e. The standard InChI is InChI=1S/C29H54N4O11/c30-11-2-1-4-18-5-7-19(8-6-18)9-10-20(29(31)44)32-12-3-13-33(14-21(36)25(40)27(42)23(38)16-34)15-22(37)26(41)28(43)24(39)17-35/h5-8,20-28,32,34-43H,1-4,9-17,30H2,(H2,31,44)/t20?,21-,22-,23+,24+,25+,26+,27+,28+/m0/s1. The van der Waals surface area contributed by atoms with Gasteiger partial charge in [-0.3, -0.25) is 9.69 Å². The Balaban J connectivity index is 2.77. The number of nitrogens with two attached hydrogens (primary N) is 2. The summed E-state index contributed by atoms with van der Waals surface area (Å²) in [6.45, 7) is -1.42.